The van der Waals surface area contributed by atoms with Gasteiger partial charge in [0.1, 0.15) is 0 Å². The van der Waals surface area contributed by atoms with Gasteiger partial charge >= 0.3 is 0 Å². The molecule has 0 spiro atoms. The van der Waals surface area contributed by atoms with E-state index in [4.69, 9.17) is 0 Å². The summed E-state index contributed by atoms with van der Waals surface area (Å²) >= 11 is 2.37. The molecule has 3 heteroatoms. The minimum Gasteiger partial charge on any atom is -0.392 e. The highest BCUT2D eigenvalue weighted by Crippen LogP contribution is 2.51. The van der Waals surface area contributed by atoms with E-state index in [-0.39, 0.29) is 11.5 Å². The lowest BCUT2D eigenvalue weighted by Crippen LogP contribution is -2.49. The van der Waals surface area contributed by atoms with E-state index in [1.807, 2.05) is 0 Å². The maximum absolute atomic E-state index is 10.9. The summed E-state index contributed by atoms with van der Waals surface area (Å²) in [6.07, 6.45) is 13.0. The van der Waals surface area contributed by atoms with E-state index in [1.54, 1.807) is 0 Å². The molecule has 0 aliphatic heterocycles. The first-order valence-electron chi connectivity index (χ1n) is 11.1. The van der Waals surface area contributed by atoms with E-state index in [9.17, 15) is 5.11 Å². The second-order valence-corrected chi connectivity index (χ2v) is 10.6. The Bertz CT molecular complexity index is 759. The largest absolute Gasteiger partial charge is 0.392 e. The minimum atomic E-state index is -0.220. The van der Waals surface area contributed by atoms with E-state index in [2.05, 4.69) is 72.1 Å². The van der Waals surface area contributed by atoms with Crippen molar-refractivity contribution in [1.82, 2.24) is 5.32 Å². The molecule has 0 amide bonds. The Hall–Kier alpha value is -0.650. The van der Waals surface area contributed by atoms with Crippen LogP contribution < -0.4 is 5.32 Å². The van der Waals surface area contributed by atoms with E-state index >= 15 is 0 Å². The number of hydrogen-bond donors (Lipinski definition) is 2. The lowest BCUT2D eigenvalue weighted by atomic mass is 9.60. The quantitative estimate of drug-likeness (QED) is 0.388. The number of fused-ring (bicyclic) bond motifs is 1. The fraction of sp³-hybridized carbons (Fsp3) is 0.600. The van der Waals surface area contributed by atoms with Crippen molar-refractivity contribution in [2.75, 3.05) is 0 Å². The number of rotatable bonds is 3. The zero-order valence-electron chi connectivity index (χ0n) is 17.3. The third-order valence-corrected chi connectivity index (χ3v) is 8.13. The van der Waals surface area contributed by atoms with Gasteiger partial charge in [-0.25, -0.2) is 0 Å². The van der Waals surface area contributed by atoms with Crippen LogP contribution in [0.1, 0.15) is 77.2 Å². The lowest BCUT2D eigenvalue weighted by Gasteiger charge is -2.49. The highest BCUT2D eigenvalue weighted by molar-refractivity contribution is 14.1. The number of aliphatic hydroxyl groups is 1. The van der Waals surface area contributed by atoms with Crippen molar-refractivity contribution in [3.63, 3.8) is 0 Å². The van der Waals surface area contributed by atoms with Gasteiger partial charge in [0.2, 0.25) is 0 Å². The molecule has 1 aromatic carbocycles. The summed E-state index contributed by atoms with van der Waals surface area (Å²) in [5.41, 5.74) is 5.64. The average molecular weight is 491 g/mol. The summed E-state index contributed by atoms with van der Waals surface area (Å²) < 4.78 is 1.27. The molecule has 152 valence electrons. The second kappa shape index (κ2) is 8.61. The standard InChI is InChI=1S/C25H34INO/c1-17-22-9-6-10-23(28)25(22,2)16-19(15-18-11-13-20(26)14-12-18)24(17)27-21-7-4-3-5-8-21/h11-15,21,23-24,27-28H,3-10,16H2,1-2H3/t23-,24?,25-/m0/s1. The molecule has 0 aromatic heterocycles. The molecule has 0 bridgehead atoms. The Labute approximate surface area is 184 Å². The van der Waals surface area contributed by atoms with Gasteiger partial charge in [-0.15, -0.1) is 0 Å². The Morgan fingerprint density at radius 2 is 1.79 bits per heavy atom. The first kappa shape index (κ1) is 20.6. The Kier molecular flexibility index (Phi) is 6.34. The predicted octanol–water partition coefficient (Wildman–Crippen LogP) is 6.24. The topological polar surface area (TPSA) is 32.3 Å². The van der Waals surface area contributed by atoms with Crippen LogP contribution in [0.25, 0.3) is 6.08 Å². The van der Waals surface area contributed by atoms with E-state index in [1.165, 1.54) is 58.0 Å². The van der Waals surface area contributed by atoms with Crippen LogP contribution in [0.2, 0.25) is 0 Å². The fourth-order valence-corrected chi connectivity index (χ4v) is 6.13. The maximum atomic E-state index is 10.9. The van der Waals surface area contributed by atoms with Gasteiger partial charge in [-0.05, 0) is 91.3 Å². The van der Waals surface area contributed by atoms with E-state index in [0.717, 1.165) is 25.7 Å². The molecule has 1 unspecified atom stereocenters. The first-order chi connectivity index (χ1) is 13.5. The van der Waals surface area contributed by atoms with Gasteiger partial charge in [0.25, 0.3) is 0 Å². The minimum absolute atomic E-state index is 0.0951. The van der Waals surface area contributed by atoms with Crippen LogP contribution in [0.5, 0.6) is 0 Å². The normalized spacial score (nSPS) is 33.2. The van der Waals surface area contributed by atoms with Crippen LogP contribution in [0.3, 0.4) is 0 Å². The Balaban J connectivity index is 1.72. The molecule has 0 saturated heterocycles. The van der Waals surface area contributed by atoms with Crippen molar-refractivity contribution in [2.24, 2.45) is 5.41 Å². The van der Waals surface area contributed by atoms with Gasteiger partial charge in [-0.2, -0.15) is 0 Å². The summed E-state index contributed by atoms with van der Waals surface area (Å²) in [4.78, 5) is 0. The van der Waals surface area contributed by atoms with Gasteiger partial charge in [0.05, 0.1) is 12.1 Å². The molecule has 0 radical (unpaired) electrons. The van der Waals surface area contributed by atoms with Gasteiger partial charge < -0.3 is 10.4 Å². The molecule has 4 rings (SSSR count). The summed E-state index contributed by atoms with van der Waals surface area (Å²) in [6, 6.07) is 9.78. The molecular weight excluding hydrogens is 457 g/mol. The molecular formula is C25H34INO. The Morgan fingerprint density at radius 1 is 1.07 bits per heavy atom. The van der Waals surface area contributed by atoms with Crippen molar-refractivity contribution in [3.05, 3.63) is 50.1 Å². The lowest BCUT2D eigenvalue weighted by molar-refractivity contribution is 0.0312. The first-order valence-corrected chi connectivity index (χ1v) is 12.2. The van der Waals surface area contributed by atoms with Crippen LogP contribution in [-0.2, 0) is 0 Å². The van der Waals surface area contributed by atoms with Gasteiger partial charge in [-0.1, -0.05) is 55.5 Å². The number of benzene rings is 1. The molecule has 3 aliphatic carbocycles. The van der Waals surface area contributed by atoms with Crippen molar-refractivity contribution in [2.45, 2.75) is 89.8 Å². The van der Waals surface area contributed by atoms with Crippen molar-refractivity contribution in [1.29, 1.82) is 0 Å². The van der Waals surface area contributed by atoms with E-state index < -0.39 is 0 Å². The van der Waals surface area contributed by atoms with Gasteiger partial charge in [0, 0.05) is 15.0 Å². The average Bonchev–Trinajstić information content (AvgIpc) is 2.69. The summed E-state index contributed by atoms with van der Waals surface area (Å²) in [7, 11) is 0. The second-order valence-electron chi connectivity index (χ2n) is 9.37. The summed E-state index contributed by atoms with van der Waals surface area (Å²) in [5, 5.41) is 15.0. The van der Waals surface area contributed by atoms with Crippen LogP contribution in [-0.4, -0.2) is 23.3 Å². The fourth-order valence-electron chi connectivity index (χ4n) is 5.77. The summed E-state index contributed by atoms with van der Waals surface area (Å²) in [6.45, 7) is 4.63. The smallest absolute Gasteiger partial charge is 0.0634 e. The molecule has 0 heterocycles. The molecule has 2 N–H and O–H groups in total. The molecule has 2 saturated carbocycles. The third-order valence-electron chi connectivity index (χ3n) is 7.41. The third kappa shape index (κ3) is 4.13. The van der Waals surface area contributed by atoms with Crippen LogP contribution in [0.4, 0.5) is 0 Å². The molecule has 1 aromatic rings. The van der Waals surface area contributed by atoms with Crippen LogP contribution in [0.15, 0.2) is 41.0 Å². The van der Waals surface area contributed by atoms with Crippen molar-refractivity contribution < 1.29 is 5.11 Å². The molecule has 2 nitrogen and oxygen atoms in total. The molecule has 3 aliphatic rings. The van der Waals surface area contributed by atoms with Crippen LogP contribution in [0, 0.1) is 8.99 Å². The van der Waals surface area contributed by atoms with Crippen molar-refractivity contribution >= 4 is 28.7 Å². The zero-order valence-corrected chi connectivity index (χ0v) is 19.5. The zero-order chi connectivity index (χ0) is 19.7. The number of aliphatic hydroxyl groups excluding tert-OH is 1. The number of nitrogens with one attached hydrogen (secondary N) is 1. The summed E-state index contributed by atoms with van der Waals surface area (Å²) in [5.74, 6) is 0. The SMILES string of the molecule is CC1=C2CCC[C@H](O)[C@@]2(C)CC(=Cc2ccc(I)cc2)C1NC1CCCCC1. The number of halogens is 1. The monoisotopic (exact) mass is 491 g/mol. The van der Waals surface area contributed by atoms with E-state index in [0.29, 0.717) is 12.1 Å². The molecule has 3 atom stereocenters. The Morgan fingerprint density at radius 3 is 2.50 bits per heavy atom. The highest BCUT2D eigenvalue weighted by Gasteiger charge is 2.45. The van der Waals surface area contributed by atoms with Crippen LogP contribution >= 0.6 is 22.6 Å². The molecule has 28 heavy (non-hydrogen) atoms. The highest BCUT2D eigenvalue weighted by atomic mass is 127. The maximum Gasteiger partial charge on any atom is 0.0634 e. The molecule has 2 fully saturated rings. The van der Waals surface area contributed by atoms with Crippen molar-refractivity contribution in [3.8, 4) is 0 Å². The van der Waals surface area contributed by atoms with Gasteiger partial charge in [-0.3, -0.25) is 0 Å². The van der Waals surface area contributed by atoms with Gasteiger partial charge in [0.15, 0.2) is 0 Å². The number of hydrogen-bond acceptors (Lipinski definition) is 2. The predicted molar refractivity (Wildman–Crippen MR) is 126 cm³/mol.